The summed E-state index contributed by atoms with van der Waals surface area (Å²) < 4.78 is 1.00. The Morgan fingerprint density at radius 1 is 1.47 bits per heavy atom. The first-order valence-electron chi connectivity index (χ1n) is 4.26. The van der Waals surface area contributed by atoms with Crippen LogP contribution >= 0.6 is 27.3 Å². The standard InChI is InChI=1S/C9H9BrN4S/c1-5-4-7(14-11)13-9(12-5)8-6(10)2-3-15-8/h2-4H,11H2,1H3,(H,12,13,14). The minimum atomic E-state index is 0.623. The maximum atomic E-state index is 5.33. The van der Waals surface area contributed by atoms with E-state index in [9.17, 15) is 0 Å². The first-order valence-corrected chi connectivity index (χ1v) is 5.93. The van der Waals surface area contributed by atoms with Crippen LogP contribution < -0.4 is 11.3 Å². The van der Waals surface area contributed by atoms with Crippen LogP contribution in [0.2, 0.25) is 0 Å². The van der Waals surface area contributed by atoms with Gasteiger partial charge < -0.3 is 5.43 Å². The second kappa shape index (κ2) is 4.26. The molecule has 0 aliphatic heterocycles. The lowest BCUT2D eigenvalue weighted by Gasteiger charge is -2.03. The van der Waals surface area contributed by atoms with E-state index in [4.69, 9.17) is 5.84 Å². The van der Waals surface area contributed by atoms with Gasteiger partial charge in [-0.25, -0.2) is 15.8 Å². The van der Waals surface area contributed by atoms with E-state index in [1.165, 1.54) is 0 Å². The zero-order chi connectivity index (χ0) is 10.8. The maximum absolute atomic E-state index is 5.33. The fourth-order valence-corrected chi connectivity index (χ4v) is 2.68. The van der Waals surface area contributed by atoms with E-state index in [0.29, 0.717) is 11.6 Å². The highest BCUT2D eigenvalue weighted by Gasteiger charge is 2.09. The van der Waals surface area contributed by atoms with Crippen molar-refractivity contribution in [3.63, 3.8) is 0 Å². The Bertz CT molecular complexity index is 483. The normalized spacial score (nSPS) is 10.3. The molecule has 4 nitrogen and oxygen atoms in total. The number of nitrogens with zero attached hydrogens (tertiary/aromatic N) is 2. The topological polar surface area (TPSA) is 63.8 Å². The molecule has 0 atom stereocenters. The van der Waals surface area contributed by atoms with Gasteiger partial charge in [0.1, 0.15) is 5.82 Å². The van der Waals surface area contributed by atoms with Crippen LogP contribution in [-0.4, -0.2) is 9.97 Å². The highest BCUT2D eigenvalue weighted by Crippen LogP contribution is 2.31. The lowest BCUT2D eigenvalue weighted by molar-refractivity contribution is 1.10. The van der Waals surface area contributed by atoms with Crippen LogP contribution in [0.15, 0.2) is 22.0 Å². The van der Waals surface area contributed by atoms with Crippen LogP contribution in [0.3, 0.4) is 0 Å². The molecule has 2 rings (SSSR count). The Hall–Kier alpha value is -0.980. The number of anilines is 1. The van der Waals surface area contributed by atoms with E-state index in [-0.39, 0.29) is 0 Å². The molecule has 0 amide bonds. The summed E-state index contributed by atoms with van der Waals surface area (Å²) in [6.45, 7) is 1.91. The third-order valence-corrected chi connectivity index (χ3v) is 3.66. The summed E-state index contributed by atoms with van der Waals surface area (Å²) in [4.78, 5) is 9.66. The number of hydrazine groups is 1. The van der Waals surface area contributed by atoms with Crippen LogP contribution in [0.25, 0.3) is 10.7 Å². The number of nitrogens with two attached hydrogens (primary N) is 1. The number of aromatic nitrogens is 2. The zero-order valence-electron chi connectivity index (χ0n) is 7.99. The van der Waals surface area contributed by atoms with Crippen molar-refractivity contribution in [2.75, 3.05) is 5.43 Å². The predicted octanol–water partition coefficient (Wildman–Crippen LogP) is 2.56. The fraction of sp³-hybridized carbons (Fsp3) is 0.111. The third-order valence-electron chi connectivity index (χ3n) is 1.82. The van der Waals surface area contributed by atoms with Crippen molar-refractivity contribution < 1.29 is 0 Å². The van der Waals surface area contributed by atoms with Crippen molar-refractivity contribution in [2.24, 2.45) is 5.84 Å². The van der Waals surface area contributed by atoms with Gasteiger partial charge in [-0.15, -0.1) is 11.3 Å². The van der Waals surface area contributed by atoms with Gasteiger partial charge in [0.15, 0.2) is 5.82 Å². The highest BCUT2D eigenvalue weighted by molar-refractivity contribution is 9.10. The van der Waals surface area contributed by atoms with E-state index >= 15 is 0 Å². The molecule has 78 valence electrons. The molecule has 3 N–H and O–H groups in total. The monoisotopic (exact) mass is 284 g/mol. The Kier molecular flexibility index (Phi) is 2.99. The zero-order valence-corrected chi connectivity index (χ0v) is 10.4. The van der Waals surface area contributed by atoms with Gasteiger partial charge in [0.05, 0.1) is 4.88 Å². The van der Waals surface area contributed by atoms with E-state index in [1.807, 2.05) is 18.4 Å². The molecule has 0 saturated heterocycles. The first kappa shape index (κ1) is 10.5. The van der Waals surface area contributed by atoms with Crippen LogP contribution in [0, 0.1) is 6.92 Å². The van der Waals surface area contributed by atoms with Crippen molar-refractivity contribution in [3.8, 4) is 10.7 Å². The van der Waals surface area contributed by atoms with E-state index in [0.717, 1.165) is 15.0 Å². The molecule has 15 heavy (non-hydrogen) atoms. The molecule has 2 aromatic rings. The number of hydrogen-bond donors (Lipinski definition) is 2. The molecule has 2 heterocycles. The van der Waals surface area contributed by atoms with Crippen LogP contribution in [0.1, 0.15) is 5.69 Å². The number of hydrogen-bond acceptors (Lipinski definition) is 5. The number of nitrogen functional groups attached to an aromatic ring is 1. The predicted molar refractivity (Wildman–Crippen MR) is 65.6 cm³/mol. The molecule has 0 aliphatic rings. The van der Waals surface area contributed by atoms with Gasteiger partial charge >= 0.3 is 0 Å². The number of nitrogens with one attached hydrogen (secondary N) is 1. The smallest absolute Gasteiger partial charge is 0.173 e. The Balaban J connectivity index is 2.53. The van der Waals surface area contributed by atoms with Crippen molar-refractivity contribution in [3.05, 3.63) is 27.7 Å². The summed E-state index contributed by atoms with van der Waals surface area (Å²) in [6, 6.07) is 3.77. The average molecular weight is 285 g/mol. The van der Waals surface area contributed by atoms with Gasteiger partial charge in [0, 0.05) is 16.2 Å². The SMILES string of the molecule is Cc1cc(NN)nc(-c2sccc2Br)n1. The van der Waals surface area contributed by atoms with Gasteiger partial charge in [-0.05, 0) is 34.3 Å². The lowest BCUT2D eigenvalue weighted by atomic mass is 10.4. The Morgan fingerprint density at radius 3 is 2.87 bits per heavy atom. The minimum Gasteiger partial charge on any atom is -0.308 e. The quantitative estimate of drug-likeness (QED) is 0.657. The third kappa shape index (κ3) is 2.17. The summed E-state index contributed by atoms with van der Waals surface area (Å²) in [7, 11) is 0. The van der Waals surface area contributed by atoms with Crippen LogP contribution in [0.5, 0.6) is 0 Å². The maximum Gasteiger partial charge on any atom is 0.173 e. The molecule has 6 heteroatoms. The molecule has 0 fully saturated rings. The van der Waals surface area contributed by atoms with Crippen molar-refractivity contribution in [1.29, 1.82) is 0 Å². The van der Waals surface area contributed by atoms with Crippen molar-refractivity contribution in [1.82, 2.24) is 9.97 Å². The molecular weight excluding hydrogens is 276 g/mol. The average Bonchev–Trinajstić information content (AvgIpc) is 2.63. The van der Waals surface area contributed by atoms with Crippen molar-refractivity contribution in [2.45, 2.75) is 6.92 Å². The number of rotatable bonds is 2. The molecule has 0 aliphatic carbocycles. The molecule has 0 aromatic carbocycles. The molecule has 0 unspecified atom stereocenters. The summed E-state index contributed by atoms with van der Waals surface area (Å²) in [6.07, 6.45) is 0. The second-order valence-electron chi connectivity index (χ2n) is 2.96. The van der Waals surface area contributed by atoms with E-state index < -0.39 is 0 Å². The minimum absolute atomic E-state index is 0.623. The lowest BCUT2D eigenvalue weighted by Crippen LogP contribution is -2.09. The number of aryl methyl sites for hydroxylation is 1. The van der Waals surface area contributed by atoms with E-state index in [2.05, 4.69) is 31.3 Å². The first-order chi connectivity index (χ1) is 7.20. The Labute approximate surface area is 99.7 Å². The molecule has 0 radical (unpaired) electrons. The summed E-state index contributed by atoms with van der Waals surface area (Å²) in [5.74, 6) is 6.64. The van der Waals surface area contributed by atoms with Gasteiger partial charge in [0.2, 0.25) is 0 Å². The number of halogens is 1. The van der Waals surface area contributed by atoms with E-state index in [1.54, 1.807) is 17.4 Å². The Morgan fingerprint density at radius 2 is 2.27 bits per heavy atom. The summed E-state index contributed by atoms with van der Waals surface area (Å²) in [5.41, 5.74) is 3.41. The number of thiophene rings is 1. The van der Waals surface area contributed by atoms with Gasteiger partial charge in [0.25, 0.3) is 0 Å². The molecular formula is C9H9BrN4S. The van der Waals surface area contributed by atoms with Crippen molar-refractivity contribution >= 4 is 33.1 Å². The van der Waals surface area contributed by atoms with Gasteiger partial charge in [-0.2, -0.15) is 0 Å². The fourth-order valence-electron chi connectivity index (χ4n) is 1.20. The van der Waals surface area contributed by atoms with Crippen LogP contribution in [-0.2, 0) is 0 Å². The summed E-state index contributed by atoms with van der Waals surface area (Å²) >= 11 is 5.04. The van der Waals surface area contributed by atoms with Gasteiger partial charge in [-0.1, -0.05) is 0 Å². The van der Waals surface area contributed by atoms with Crippen LogP contribution in [0.4, 0.5) is 5.82 Å². The largest absolute Gasteiger partial charge is 0.308 e. The molecule has 0 spiro atoms. The molecule has 0 saturated carbocycles. The van der Waals surface area contributed by atoms with Gasteiger partial charge in [-0.3, -0.25) is 0 Å². The molecule has 2 aromatic heterocycles. The molecule has 0 bridgehead atoms. The highest BCUT2D eigenvalue weighted by atomic mass is 79.9. The second-order valence-corrected chi connectivity index (χ2v) is 4.73. The summed E-state index contributed by atoms with van der Waals surface area (Å²) in [5, 5.41) is 1.99.